The fourth-order valence-corrected chi connectivity index (χ4v) is 3.33. The summed E-state index contributed by atoms with van der Waals surface area (Å²) in [4.78, 5) is 14.4. The van der Waals surface area contributed by atoms with Gasteiger partial charge in [-0.15, -0.1) is 0 Å². The predicted octanol–water partition coefficient (Wildman–Crippen LogP) is 1.99. The molecule has 5 heteroatoms. The van der Waals surface area contributed by atoms with Gasteiger partial charge in [0.2, 0.25) is 5.91 Å². The van der Waals surface area contributed by atoms with E-state index in [2.05, 4.69) is 10.2 Å². The van der Waals surface area contributed by atoms with Gasteiger partial charge < -0.3 is 10.1 Å². The molecule has 1 amide bonds. The lowest BCUT2D eigenvalue weighted by atomic mass is 9.92. The second-order valence-corrected chi connectivity index (χ2v) is 5.79. The molecule has 3 rings (SSSR count). The first-order chi connectivity index (χ1) is 9.74. The number of nitrogens with zero attached hydrogens (tertiary/aromatic N) is 1. The topological polar surface area (TPSA) is 41.6 Å². The number of hydrogen-bond donors (Lipinski definition) is 1. The van der Waals surface area contributed by atoms with Crippen LogP contribution in [0.5, 0.6) is 0 Å². The Labute approximate surface area is 124 Å². The number of morpholine rings is 1. The first-order valence-electron chi connectivity index (χ1n) is 7.09. The fourth-order valence-electron chi connectivity index (χ4n) is 3.06. The van der Waals surface area contributed by atoms with Crippen molar-refractivity contribution in [2.75, 3.05) is 26.3 Å². The van der Waals surface area contributed by atoms with E-state index in [9.17, 15) is 4.79 Å². The van der Waals surface area contributed by atoms with Crippen molar-refractivity contribution in [2.45, 2.75) is 24.9 Å². The molecular formula is C15H19ClN2O2. The number of nitrogens with one attached hydrogen (secondary N) is 1. The normalized spacial score (nSPS) is 28.1. The van der Waals surface area contributed by atoms with E-state index >= 15 is 0 Å². The van der Waals surface area contributed by atoms with Gasteiger partial charge in [0.15, 0.2) is 0 Å². The Balaban J connectivity index is 1.76. The third kappa shape index (κ3) is 2.97. The molecule has 4 nitrogen and oxygen atoms in total. The molecule has 1 aromatic rings. The number of halogens is 1. The van der Waals surface area contributed by atoms with Crippen LogP contribution in [0.4, 0.5) is 0 Å². The van der Waals surface area contributed by atoms with Gasteiger partial charge in [-0.3, -0.25) is 9.69 Å². The Hall–Kier alpha value is -1.10. The van der Waals surface area contributed by atoms with Gasteiger partial charge in [-0.25, -0.2) is 0 Å². The minimum Gasteiger partial charge on any atom is -0.379 e. The lowest BCUT2D eigenvalue weighted by Gasteiger charge is -2.39. The summed E-state index contributed by atoms with van der Waals surface area (Å²) in [5.74, 6) is 0.109. The molecule has 2 aliphatic rings. The molecule has 1 aromatic carbocycles. The van der Waals surface area contributed by atoms with Crippen LogP contribution in [-0.2, 0) is 9.53 Å². The number of benzene rings is 1. The van der Waals surface area contributed by atoms with E-state index in [1.54, 1.807) is 0 Å². The van der Waals surface area contributed by atoms with Crippen LogP contribution in [0.1, 0.15) is 24.4 Å². The molecule has 0 spiro atoms. The van der Waals surface area contributed by atoms with Crippen LogP contribution in [-0.4, -0.2) is 43.2 Å². The maximum Gasteiger partial charge on any atom is 0.222 e. The monoisotopic (exact) mass is 294 g/mol. The average Bonchev–Trinajstić information content (AvgIpc) is 2.48. The lowest BCUT2D eigenvalue weighted by Crippen LogP contribution is -2.50. The smallest absolute Gasteiger partial charge is 0.222 e. The van der Waals surface area contributed by atoms with Gasteiger partial charge in [0.1, 0.15) is 0 Å². The number of carbonyl (C=O) groups excluding carboxylic acids is 1. The Morgan fingerprint density at radius 1 is 1.25 bits per heavy atom. The van der Waals surface area contributed by atoms with Crippen LogP contribution in [0.25, 0.3) is 0 Å². The first kappa shape index (κ1) is 13.9. The Morgan fingerprint density at radius 3 is 2.75 bits per heavy atom. The summed E-state index contributed by atoms with van der Waals surface area (Å²) in [6, 6.07) is 8.05. The summed E-state index contributed by atoms with van der Waals surface area (Å²) < 4.78 is 5.38. The average molecular weight is 295 g/mol. The largest absolute Gasteiger partial charge is 0.379 e. The Bertz CT molecular complexity index is 489. The number of rotatable bonds is 2. The van der Waals surface area contributed by atoms with Crippen LogP contribution in [0.15, 0.2) is 24.3 Å². The van der Waals surface area contributed by atoms with Gasteiger partial charge in [0.25, 0.3) is 0 Å². The number of carbonyl (C=O) groups is 1. The van der Waals surface area contributed by atoms with Crippen LogP contribution < -0.4 is 5.32 Å². The van der Waals surface area contributed by atoms with Gasteiger partial charge in [-0.2, -0.15) is 0 Å². The molecular weight excluding hydrogens is 276 g/mol. The van der Waals surface area contributed by atoms with Crippen LogP contribution in [0, 0.1) is 0 Å². The predicted molar refractivity (Wildman–Crippen MR) is 77.7 cm³/mol. The molecule has 2 unspecified atom stereocenters. The van der Waals surface area contributed by atoms with Crippen LogP contribution in [0.2, 0.25) is 5.02 Å². The maximum absolute atomic E-state index is 12.0. The second-order valence-electron chi connectivity index (χ2n) is 5.38. The van der Waals surface area contributed by atoms with Gasteiger partial charge in [0.05, 0.1) is 19.3 Å². The molecule has 108 valence electrons. The molecule has 0 radical (unpaired) electrons. The SMILES string of the molecule is O=C1CC(N2CCOCC2)CC(c2ccccc2Cl)N1. The molecule has 2 saturated heterocycles. The zero-order valence-electron chi connectivity index (χ0n) is 11.3. The van der Waals surface area contributed by atoms with Crippen molar-refractivity contribution >= 4 is 17.5 Å². The molecule has 0 aliphatic carbocycles. The summed E-state index contributed by atoms with van der Waals surface area (Å²) in [7, 11) is 0. The van der Waals surface area contributed by atoms with E-state index in [0.717, 1.165) is 43.3 Å². The van der Waals surface area contributed by atoms with E-state index in [1.807, 2.05) is 24.3 Å². The molecule has 0 bridgehead atoms. The van der Waals surface area contributed by atoms with Gasteiger partial charge in [0, 0.05) is 30.6 Å². The fraction of sp³-hybridized carbons (Fsp3) is 0.533. The van der Waals surface area contributed by atoms with E-state index in [4.69, 9.17) is 16.3 Å². The van der Waals surface area contributed by atoms with Crippen LogP contribution >= 0.6 is 11.6 Å². The molecule has 20 heavy (non-hydrogen) atoms. The van der Waals surface area contributed by atoms with E-state index in [0.29, 0.717) is 6.42 Å². The van der Waals surface area contributed by atoms with Crippen molar-refractivity contribution in [1.82, 2.24) is 10.2 Å². The highest BCUT2D eigenvalue weighted by Crippen LogP contribution is 2.31. The standard InChI is InChI=1S/C15H19ClN2O2/c16-13-4-2-1-3-12(13)14-9-11(10-15(19)17-14)18-5-7-20-8-6-18/h1-4,11,14H,5-10H2,(H,17,19). The first-order valence-corrected chi connectivity index (χ1v) is 7.47. The van der Waals surface area contributed by atoms with Crippen molar-refractivity contribution in [3.63, 3.8) is 0 Å². The molecule has 0 aromatic heterocycles. The zero-order chi connectivity index (χ0) is 13.9. The molecule has 2 heterocycles. The van der Waals surface area contributed by atoms with E-state index < -0.39 is 0 Å². The zero-order valence-corrected chi connectivity index (χ0v) is 12.1. The Morgan fingerprint density at radius 2 is 2.00 bits per heavy atom. The minimum absolute atomic E-state index is 0.0118. The molecule has 2 fully saturated rings. The van der Waals surface area contributed by atoms with Crippen molar-refractivity contribution in [3.8, 4) is 0 Å². The number of hydrogen-bond acceptors (Lipinski definition) is 3. The van der Waals surface area contributed by atoms with Gasteiger partial charge in [-0.1, -0.05) is 29.8 Å². The van der Waals surface area contributed by atoms with Gasteiger partial charge in [-0.05, 0) is 18.1 Å². The number of amides is 1. The number of ether oxygens (including phenoxy) is 1. The van der Waals surface area contributed by atoms with E-state index in [-0.39, 0.29) is 18.0 Å². The summed E-state index contributed by atoms with van der Waals surface area (Å²) >= 11 is 6.25. The van der Waals surface area contributed by atoms with Crippen molar-refractivity contribution in [3.05, 3.63) is 34.9 Å². The highest BCUT2D eigenvalue weighted by atomic mass is 35.5. The van der Waals surface area contributed by atoms with Gasteiger partial charge >= 0.3 is 0 Å². The second kappa shape index (κ2) is 6.12. The summed E-state index contributed by atoms with van der Waals surface area (Å²) in [6.07, 6.45) is 1.48. The van der Waals surface area contributed by atoms with E-state index in [1.165, 1.54) is 0 Å². The van der Waals surface area contributed by atoms with Crippen molar-refractivity contribution in [2.24, 2.45) is 0 Å². The maximum atomic E-state index is 12.0. The Kier molecular flexibility index (Phi) is 4.24. The molecule has 1 N–H and O–H groups in total. The summed E-state index contributed by atoms with van der Waals surface area (Å²) in [5, 5.41) is 3.78. The van der Waals surface area contributed by atoms with Crippen LogP contribution in [0.3, 0.4) is 0 Å². The lowest BCUT2D eigenvalue weighted by molar-refractivity contribution is -0.126. The highest BCUT2D eigenvalue weighted by Gasteiger charge is 2.32. The highest BCUT2D eigenvalue weighted by molar-refractivity contribution is 6.31. The van der Waals surface area contributed by atoms with Crippen molar-refractivity contribution < 1.29 is 9.53 Å². The molecule has 0 saturated carbocycles. The molecule has 2 atom stereocenters. The summed E-state index contributed by atoms with van der Waals surface area (Å²) in [6.45, 7) is 3.34. The van der Waals surface area contributed by atoms with Crippen molar-refractivity contribution in [1.29, 1.82) is 0 Å². The summed E-state index contributed by atoms with van der Waals surface area (Å²) in [5.41, 5.74) is 1.01. The third-order valence-electron chi connectivity index (χ3n) is 4.11. The quantitative estimate of drug-likeness (QED) is 0.907. The third-order valence-corrected chi connectivity index (χ3v) is 4.45. The molecule has 2 aliphatic heterocycles. The number of piperidine rings is 1. The minimum atomic E-state index is 0.0118.